The fourth-order valence-corrected chi connectivity index (χ4v) is 2.56. The van der Waals surface area contributed by atoms with Gasteiger partial charge in [0.25, 0.3) is 0 Å². The van der Waals surface area contributed by atoms with E-state index in [1.54, 1.807) is 25.2 Å². The molecule has 0 radical (unpaired) electrons. The minimum atomic E-state index is -0.302. The van der Waals surface area contributed by atoms with Crippen molar-refractivity contribution in [2.75, 3.05) is 26.6 Å². The molecular weight excluding hydrogens is 297 g/mol. The fourth-order valence-electron chi connectivity index (χ4n) is 2.56. The lowest BCUT2D eigenvalue weighted by molar-refractivity contribution is 0.374. The lowest BCUT2D eigenvalue weighted by Gasteiger charge is -2.18. The van der Waals surface area contributed by atoms with Crippen LogP contribution in [0.25, 0.3) is 11.1 Å². The summed E-state index contributed by atoms with van der Waals surface area (Å²) in [6.45, 7) is 3.86. The molecule has 0 aliphatic heterocycles. The molecule has 4 nitrogen and oxygen atoms in total. The van der Waals surface area contributed by atoms with Gasteiger partial charge >= 0.3 is 0 Å². The largest absolute Gasteiger partial charge is 0.504 e. The zero-order valence-electron chi connectivity index (χ0n) is 14.0. The standard InChI is InChI=1S/C18H22FNO3/c1-10(2)11-6-13(17(22-4)8-14(11)19)12-7-16(21)18(23-5)9-15(12)20-3/h6-10,20-21H,1-5H3. The maximum absolute atomic E-state index is 14.2. The molecule has 0 fully saturated rings. The van der Waals surface area contributed by atoms with Crippen LogP contribution in [0.5, 0.6) is 17.2 Å². The van der Waals surface area contributed by atoms with Crippen molar-refractivity contribution in [1.82, 2.24) is 0 Å². The Hall–Kier alpha value is -2.43. The number of hydrogen-bond acceptors (Lipinski definition) is 4. The summed E-state index contributed by atoms with van der Waals surface area (Å²) < 4.78 is 24.7. The number of phenols is 1. The number of anilines is 1. The van der Waals surface area contributed by atoms with Crippen molar-refractivity contribution in [1.29, 1.82) is 0 Å². The Kier molecular flexibility index (Phi) is 4.98. The van der Waals surface area contributed by atoms with Gasteiger partial charge in [-0.2, -0.15) is 0 Å². The van der Waals surface area contributed by atoms with E-state index in [1.165, 1.54) is 20.3 Å². The van der Waals surface area contributed by atoms with E-state index >= 15 is 0 Å². The summed E-state index contributed by atoms with van der Waals surface area (Å²) in [5, 5.41) is 13.2. The SMILES string of the molecule is CNc1cc(OC)c(O)cc1-c1cc(C(C)C)c(F)cc1OC. The van der Waals surface area contributed by atoms with Crippen LogP contribution >= 0.6 is 0 Å². The highest BCUT2D eigenvalue weighted by atomic mass is 19.1. The number of methoxy groups -OCH3 is 2. The van der Waals surface area contributed by atoms with Crippen molar-refractivity contribution in [2.45, 2.75) is 19.8 Å². The Morgan fingerprint density at radius 1 is 1.00 bits per heavy atom. The molecule has 23 heavy (non-hydrogen) atoms. The van der Waals surface area contributed by atoms with Gasteiger partial charge in [-0.05, 0) is 23.6 Å². The molecule has 124 valence electrons. The predicted molar refractivity (Wildman–Crippen MR) is 90.2 cm³/mol. The molecule has 0 aliphatic rings. The van der Waals surface area contributed by atoms with Crippen molar-refractivity contribution in [3.05, 3.63) is 35.6 Å². The first-order valence-corrected chi connectivity index (χ1v) is 7.39. The molecule has 2 rings (SSSR count). The zero-order chi connectivity index (χ0) is 17.1. The minimum Gasteiger partial charge on any atom is -0.504 e. The van der Waals surface area contributed by atoms with Crippen LogP contribution in [-0.4, -0.2) is 26.4 Å². The van der Waals surface area contributed by atoms with E-state index in [0.29, 0.717) is 28.2 Å². The molecule has 0 saturated carbocycles. The molecule has 0 atom stereocenters. The van der Waals surface area contributed by atoms with E-state index in [-0.39, 0.29) is 17.5 Å². The lowest BCUT2D eigenvalue weighted by Crippen LogP contribution is -2.00. The summed E-state index contributed by atoms with van der Waals surface area (Å²) in [5.41, 5.74) is 2.77. The summed E-state index contributed by atoms with van der Waals surface area (Å²) in [6.07, 6.45) is 0. The Labute approximate surface area is 135 Å². The molecule has 0 unspecified atom stereocenters. The van der Waals surface area contributed by atoms with Gasteiger partial charge in [-0.15, -0.1) is 0 Å². The molecule has 0 bridgehead atoms. The molecular formula is C18H22FNO3. The Balaban J connectivity index is 2.74. The van der Waals surface area contributed by atoms with Gasteiger partial charge in [0.15, 0.2) is 11.5 Å². The van der Waals surface area contributed by atoms with Gasteiger partial charge in [0.1, 0.15) is 11.6 Å². The topological polar surface area (TPSA) is 50.7 Å². The van der Waals surface area contributed by atoms with E-state index in [4.69, 9.17) is 9.47 Å². The highest BCUT2D eigenvalue weighted by Gasteiger charge is 2.18. The monoisotopic (exact) mass is 319 g/mol. The maximum Gasteiger partial charge on any atom is 0.162 e. The van der Waals surface area contributed by atoms with Crippen molar-refractivity contribution in [2.24, 2.45) is 0 Å². The first-order valence-electron chi connectivity index (χ1n) is 7.39. The van der Waals surface area contributed by atoms with Crippen LogP contribution in [-0.2, 0) is 0 Å². The summed E-state index contributed by atoms with van der Waals surface area (Å²) in [6, 6.07) is 6.43. The second kappa shape index (κ2) is 6.77. The van der Waals surface area contributed by atoms with Gasteiger partial charge in [-0.1, -0.05) is 13.8 Å². The molecule has 0 heterocycles. The van der Waals surface area contributed by atoms with Crippen LogP contribution < -0.4 is 14.8 Å². The van der Waals surface area contributed by atoms with Crippen LogP contribution in [0.2, 0.25) is 0 Å². The average molecular weight is 319 g/mol. The summed E-state index contributed by atoms with van der Waals surface area (Å²) in [7, 11) is 4.76. The van der Waals surface area contributed by atoms with E-state index in [9.17, 15) is 9.50 Å². The van der Waals surface area contributed by atoms with Crippen LogP contribution in [0.15, 0.2) is 24.3 Å². The van der Waals surface area contributed by atoms with Crippen LogP contribution in [0.4, 0.5) is 10.1 Å². The lowest BCUT2D eigenvalue weighted by atomic mass is 9.94. The third-order valence-electron chi connectivity index (χ3n) is 3.82. The summed E-state index contributed by atoms with van der Waals surface area (Å²) >= 11 is 0. The number of nitrogens with one attached hydrogen (secondary N) is 1. The Morgan fingerprint density at radius 2 is 1.65 bits per heavy atom. The predicted octanol–water partition coefficient (Wildman–Crippen LogP) is 4.38. The van der Waals surface area contributed by atoms with E-state index in [0.717, 1.165) is 5.69 Å². The Bertz CT molecular complexity index is 714. The van der Waals surface area contributed by atoms with Crippen molar-refractivity contribution >= 4 is 5.69 Å². The van der Waals surface area contributed by atoms with E-state index < -0.39 is 0 Å². The molecule has 2 N–H and O–H groups in total. The second-order valence-electron chi connectivity index (χ2n) is 5.55. The molecule has 2 aromatic rings. The number of hydrogen-bond donors (Lipinski definition) is 2. The van der Waals surface area contributed by atoms with Gasteiger partial charge < -0.3 is 19.9 Å². The van der Waals surface area contributed by atoms with Crippen LogP contribution in [0.3, 0.4) is 0 Å². The van der Waals surface area contributed by atoms with E-state index in [1.807, 2.05) is 13.8 Å². The first kappa shape index (κ1) is 16.9. The molecule has 0 aromatic heterocycles. The highest BCUT2D eigenvalue weighted by molar-refractivity contribution is 5.84. The first-order chi connectivity index (χ1) is 10.9. The van der Waals surface area contributed by atoms with Crippen molar-refractivity contribution < 1.29 is 19.0 Å². The van der Waals surface area contributed by atoms with E-state index in [2.05, 4.69) is 5.32 Å². The molecule has 5 heteroatoms. The summed E-state index contributed by atoms with van der Waals surface area (Å²) in [5.74, 6) is 0.518. The van der Waals surface area contributed by atoms with Crippen molar-refractivity contribution in [3.8, 4) is 28.4 Å². The quantitative estimate of drug-likeness (QED) is 0.803. The van der Waals surface area contributed by atoms with Gasteiger partial charge in [-0.25, -0.2) is 4.39 Å². The van der Waals surface area contributed by atoms with Gasteiger partial charge in [0.2, 0.25) is 0 Å². The number of halogens is 1. The number of benzene rings is 2. The Morgan fingerprint density at radius 3 is 2.17 bits per heavy atom. The van der Waals surface area contributed by atoms with Crippen molar-refractivity contribution in [3.63, 3.8) is 0 Å². The molecule has 2 aromatic carbocycles. The van der Waals surface area contributed by atoms with Gasteiger partial charge in [0.05, 0.1) is 14.2 Å². The summed E-state index contributed by atoms with van der Waals surface area (Å²) in [4.78, 5) is 0. The smallest absolute Gasteiger partial charge is 0.162 e. The highest BCUT2D eigenvalue weighted by Crippen LogP contribution is 2.42. The van der Waals surface area contributed by atoms with Crippen LogP contribution in [0.1, 0.15) is 25.3 Å². The maximum atomic E-state index is 14.2. The van der Waals surface area contributed by atoms with Crippen LogP contribution in [0, 0.1) is 5.82 Å². The van der Waals surface area contributed by atoms with Gasteiger partial charge in [-0.3, -0.25) is 0 Å². The molecule has 0 spiro atoms. The number of ether oxygens (including phenoxy) is 2. The number of aromatic hydroxyl groups is 1. The minimum absolute atomic E-state index is 0.0129. The molecule has 0 aliphatic carbocycles. The van der Waals surface area contributed by atoms with Gasteiger partial charge in [0, 0.05) is 36.0 Å². The zero-order valence-corrected chi connectivity index (χ0v) is 14.0. The molecule has 0 amide bonds. The third-order valence-corrected chi connectivity index (χ3v) is 3.82. The number of rotatable bonds is 5. The fraction of sp³-hybridized carbons (Fsp3) is 0.333. The molecule has 0 saturated heterocycles. The third kappa shape index (κ3) is 3.18. The number of phenolic OH excluding ortho intramolecular Hbond substituents is 1. The average Bonchev–Trinajstić information content (AvgIpc) is 2.53. The normalized spacial score (nSPS) is 10.7. The second-order valence-corrected chi connectivity index (χ2v) is 5.55.